The summed E-state index contributed by atoms with van der Waals surface area (Å²) in [6.45, 7) is 0.351. The molecule has 0 aliphatic heterocycles. The first kappa shape index (κ1) is 9.74. The van der Waals surface area contributed by atoms with Crippen LogP contribution >= 0.6 is 11.6 Å². The van der Waals surface area contributed by atoms with E-state index in [4.69, 9.17) is 22.1 Å². The lowest BCUT2D eigenvalue weighted by atomic mass is 10.3. The van der Waals surface area contributed by atoms with Crippen molar-refractivity contribution in [1.29, 1.82) is 0 Å². The first-order chi connectivity index (χ1) is 6.59. The molecule has 0 aromatic heterocycles. The van der Waals surface area contributed by atoms with E-state index in [1.165, 1.54) is 18.2 Å². The molecule has 1 saturated carbocycles. The number of nitrogens with two attached hydrogens (primary N) is 1. The lowest BCUT2D eigenvalue weighted by molar-refractivity contribution is 0.267. The van der Waals surface area contributed by atoms with Crippen LogP contribution in [0, 0.1) is 5.82 Å². The molecule has 0 amide bonds. The van der Waals surface area contributed by atoms with E-state index in [1.54, 1.807) is 0 Å². The molecule has 0 atom stereocenters. The van der Waals surface area contributed by atoms with E-state index in [1.807, 2.05) is 0 Å². The van der Waals surface area contributed by atoms with Crippen molar-refractivity contribution in [2.24, 2.45) is 5.73 Å². The minimum Gasteiger partial charge on any atom is -0.489 e. The van der Waals surface area contributed by atoms with Crippen LogP contribution in [0.1, 0.15) is 12.8 Å². The van der Waals surface area contributed by atoms with Crippen LogP contribution in [-0.2, 0) is 0 Å². The molecule has 4 heteroatoms. The molecule has 1 aliphatic carbocycles. The highest BCUT2D eigenvalue weighted by Crippen LogP contribution is 2.33. The van der Waals surface area contributed by atoms with Crippen molar-refractivity contribution in [3.05, 3.63) is 29.0 Å². The minimum atomic E-state index is -0.404. The average Bonchev–Trinajstić information content (AvgIpc) is 2.87. The molecule has 1 aromatic rings. The molecular weight excluding hydrogens is 205 g/mol. The van der Waals surface area contributed by atoms with Gasteiger partial charge in [-0.2, -0.15) is 0 Å². The van der Waals surface area contributed by atoms with Gasteiger partial charge in [0.1, 0.15) is 6.61 Å². The summed E-state index contributed by atoms with van der Waals surface area (Å²) in [6.07, 6.45) is 1.88. The molecule has 1 aromatic carbocycles. The van der Waals surface area contributed by atoms with Gasteiger partial charge in [0.25, 0.3) is 0 Å². The maximum Gasteiger partial charge on any atom is 0.165 e. The van der Waals surface area contributed by atoms with Crippen molar-refractivity contribution in [2.45, 2.75) is 18.4 Å². The van der Waals surface area contributed by atoms with Crippen molar-refractivity contribution in [3.8, 4) is 5.75 Å². The van der Waals surface area contributed by atoms with E-state index in [9.17, 15) is 4.39 Å². The standard InChI is InChI=1S/C10H11ClFNO/c11-7-1-2-8(12)9(5-7)14-6-10(13)3-4-10/h1-2,5H,3-4,6,13H2. The Balaban J connectivity index is 2.04. The fourth-order valence-electron chi connectivity index (χ4n) is 1.11. The van der Waals surface area contributed by atoms with Gasteiger partial charge in [-0.15, -0.1) is 0 Å². The summed E-state index contributed by atoms with van der Waals surface area (Å²) in [5.74, 6) is -0.229. The number of hydrogen-bond donors (Lipinski definition) is 1. The quantitative estimate of drug-likeness (QED) is 0.840. The second kappa shape index (κ2) is 3.41. The Labute approximate surface area is 86.8 Å². The summed E-state index contributed by atoms with van der Waals surface area (Å²) in [5.41, 5.74) is 5.56. The summed E-state index contributed by atoms with van der Waals surface area (Å²) in [7, 11) is 0. The second-order valence-corrected chi connectivity index (χ2v) is 4.16. The molecule has 76 valence electrons. The smallest absolute Gasteiger partial charge is 0.165 e. The number of hydrogen-bond acceptors (Lipinski definition) is 2. The molecular formula is C10H11ClFNO. The summed E-state index contributed by atoms with van der Waals surface area (Å²) in [6, 6.07) is 4.23. The summed E-state index contributed by atoms with van der Waals surface area (Å²) < 4.78 is 18.4. The SMILES string of the molecule is NC1(COc2cc(Cl)ccc2F)CC1. The van der Waals surface area contributed by atoms with Gasteiger partial charge in [-0.1, -0.05) is 11.6 Å². The highest BCUT2D eigenvalue weighted by atomic mass is 35.5. The number of benzene rings is 1. The largest absolute Gasteiger partial charge is 0.489 e. The van der Waals surface area contributed by atoms with Crippen molar-refractivity contribution >= 4 is 11.6 Å². The Morgan fingerprint density at radius 1 is 1.50 bits per heavy atom. The van der Waals surface area contributed by atoms with Crippen LogP contribution in [0.3, 0.4) is 0 Å². The molecule has 14 heavy (non-hydrogen) atoms. The topological polar surface area (TPSA) is 35.2 Å². The first-order valence-corrected chi connectivity index (χ1v) is 4.84. The Bertz CT molecular complexity index is 352. The van der Waals surface area contributed by atoms with Gasteiger partial charge in [0.05, 0.1) is 5.54 Å². The number of rotatable bonds is 3. The molecule has 0 spiro atoms. The lowest BCUT2D eigenvalue weighted by Gasteiger charge is -2.11. The summed E-state index contributed by atoms with van der Waals surface area (Å²) in [4.78, 5) is 0. The molecule has 1 fully saturated rings. The molecule has 2 nitrogen and oxygen atoms in total. The monoisotopic (exact) mass is 215 g/mol. The fourth-order valence-corrected chi connectivity index (χ4v) is 1.28. The lowest BCUT2D eigenvalue weighted by Crippen LogP contribution is -2.29. The van der Waals surface area contributed by atoms with Crippen LogP contribution in [0.2, 0.25) is 5.02 Å². The third-order valence-electron chi connectivity index (χ3n) is 2.30. The maximum absolute atomic E-state index is 13.1. The van der Waals surface area contributed by atoms with E-state index < -0.39 is 5.82 Å². The van der Waals surface area contributed by atoms with E-state index in [-0.39, 0.29) is 11.3 Å². The van der Waals surface area contributed by atoms with Gasteiger partial charge in [0, 0.05) is 11.1 Å². The van der Waals surface area contributed by atoms with E-state index in [0.717, 1.165) is 12.8 Å². The number of halogens is 2. The van der Waals surface area contributed by atoms with Crippen molar-refractivity contribution in [2.75, 3.05) is 6.61 Å². The summed E-state index contributed by atoms with van der Waals surface area (Å²) in [5, 5.41) is 0.461. The van der Waals surface area contributed by atoms with Crippen molar-refractivity contribution < 1.29 is 9.13 Å². The van der Waals surface area contributed by atoms with E-state index in [2.05, 4.69) is 0 Å². The van der Waals surface area contributed by atoms with Crippen LogP contribution in [-0.4, -0.2) is 12.1 Å². The maximum atomic E-state index is 13.1. The van der Waals surface area contributed by atoms with Crippen molar-refractivity contribution in [3.63, 3.8) is 0 Å². The Morgan fingerprint density at radius 2 is 2.21 bits per heavy atom. The Hall–Kier alpha value is -0.800. The molecule has 0 radical (unpaired) electrons. The third kappa shape index (κ3) is 2.16. The Morgan fingerprint density at radius 3 is 2.86 bits per heavy atom. The Kier molecular flexibility index (Phi) is 2.37. The van der Waals surface area contributed by atoms with Gasteiger partial charge < -0.3 is 10.5 Å². The fraction of sp³-hybridized carbons (Fsp3) is 0.400. The van der Waals surface area contributed by atoms with Crippen LogP contribution in [0.15, 0.2) is 18.2 Å². The first-order valence-electron chi connectivity index (χ1n) is 4.46. The summed E-state index contributed by atoms with van der Waals surface area (Å²) >= 11 is 5.70. The van der Waals surface area contributed by atoms with Crippen molar-refractivity contribution in [1.82, 2.24) is 0 Å². The molecule has 0 saturated heterocycles. The van der Waals surface area contributed by atoms with Crippen LogP contribution in [0.25, 0.3) is 0 Å². The van der Waals surface area contributed by atoms with Gasteiger partial charge >= 0.3 is 0 Å². The van der Waals surface area contributed by atoms with Crippen LogP contribution < -0.4 is 10.5 Å². The van der Waals surface area contributed by atoms with E-state index >= 15 is 0 Å². The average molecular weight is 216 g/mol. The highest BCUT2D eigenvalue weighted by molar-refractivity contribution is 6.30. The van der Waals surface area contributed by atoms with Gasteiger partial charge in [-0.25, -0.2) is 4.39 Å². The second-order valence-electron chi connectivity index (χ2n) is 3.73. The van der Waals surface area contributed by atoms with Gasteiger partial charge in [0.15, 0.2) is 11.6 Å². The zero-order valence-electron chi connectivity index (χ0n) is 7.59. The minimum absolute atomic E-state index is 0.175. The van der Waals surface area contributed by atoms with E-state index in [0.29, 0.717) is 11.6 Å². The van der Waals surface area contributed by atoms with Crippen LogP contribution in [0.4, 0.5) is 4.39 Å². The zero-order chi connectivity index (χ0) is 10.2. The highest BCUT2D eigenvalue weighted by Gasteiger charge is 2.39. The molecule has 0 heterocycles. The number of ether oxygens (including phenoxy) is 1. The van der Waals surface area contributed by atoms with Gasteiger partial charge in [0.2, 0.25) is 0 Å². The predicted octanol–water partition coefficient (Wildman–Crippen LogP) is 2.35. The van der Waals surface area contributed by atoms with Gasteiger partial charge in [-0.3, -0.25) is 0 Å². The molecule has 0 bridgehead atoms. The molecule has 2 N–H and O–H groups in total. The molecule has 1 aliphatic rings. The van der Waals surface area contributed by atoms with Crippen LogP contribution in [0.5, 0.6) is 5.75 Å². The zero-order valence-corrected chi connectivity index (χ0v) is 8.35. The predicted molar refractivity (Wildman–Crippen MR) is 53.1 cm³/mol. The molecule has 0 unspecified atom stereocenters. The normalized spacial score (nSPS) is 17.9. The third-order valence-corrected chi connectivity index (χ3v) is 2.54. The van der Waals surface area contributed by atoms with Gasteiger partial charge in [-0.05, 0) is 25.0 Å². The molecule has 2 rings (SSSR count).